The summed E-state index contributed by atoms with van der Waals surface area (Å²) < 4.78 is 6.29. The lowest BCUT2D eigenvalue weighted by atomic mass is 9.81. The average Bonchev–Trinajstić information content (AvgIpc) is 2.98. The topological polar surface area (TPSA) is 15.7 Å². The van der Waals surface area contributed by atoms with Gasteiger partial charge in [0.25, 0.3) is 0 Å². The minimum atomic E-state index is 0.210. The molecule has 3 nitrogen and oxygen atoms in total. The van der Waals surface area contributed by atoms with E-state index in [1.54, 1.807) is 0 Å². The molecule has 2 aliphatic heterocycles. The van der Waals surface area contributed by atoms with Crippen LogP contribution in [0.1, 0.15) is 58.3 Å². The van der Waals surface area contributed by atoms with Crippen molar-refractivity contribution in [2.45, 2.75) is 76.0 Å². The van der Waals surface area contributed by atoms with Crippen molar-refractivity contribution in [2.24, 2.45) is 0 Å². The number of likely N-dealkylation sites (tertiary alicyclic amines) is 1. The quantitative estimate of drug-likeness (QED) is 0.790. The Balaban J connectivity index is 1.64. The third kappa shape index (κ3) is 3.05. The van der Waals surface area contributed by atoms with E-state index in [9.17, 15) is 0 Å². The molecule has 1 atom stereocenters. The maximum atomic E-state index is 6.29. The summed E-state index contributed by atoms with van der Waals surface area (Å²) in [5, 5.41) is 0. The number of rotatable bonds is 3. The van der Waals surface area contributed by atoms with Gasteiger partial charge in [-0.05, 0) is 52.1 Å². The third-order valence-corrected chi connectivity index (χ3v) is 5.99. The summed E-state index contributed by atoms with van der Waals surface area (Å²) in [5.41, 5.74) is 0.210. The van der Waals surface area contributed by atoms with Gasteiger partial charge in [0, 0.05) is 31.8 Å². The van der Waals surface area contributed by atoms with E-state index in [2.05, 4.69) is 23.8 Å². The number of hydrogen-bond donors (Lipinski definition) is 0. The smallest absolute Gasteiger partial charge is 0.0721 e. The first-order chi connectivity index (χ1) is 9.72. The molecule has 0 amide bonds. The van der Waals surface area contributed by atoms with Crippen molar-refractivity contribution in [2.75, 3.05) is 33.3 Å². The molecule has 116 valence electrons. The second-order valence-corrected chi connectivity index (χ2v) is 7.25. The fourth-order valence-electron chi connectivity index (χ4n) is 4.71. The zero-order chi connectivity index (χ0) is 14.0. The highest BCUT2D eigenvalue weighted by Gasteiger charge is 2.42. The predicted molar refractivity (Wildman–Crippen MR) is 83.1 cm³/mol. The van der Waals surface area contributed by atoms with Gasteiger partial charge < -0.3 is 9.64 Å². The predicted octanol–water partition coefficient (Wildman–Crippen LogP) is 2.89. The molecule has 1 aliphatic carbocycles. The average molecular weight is 280 g/mol. The SMILES string of the molecule is CCN(C1CCCC1)C1CCOC2(CCN(C)CC2)C1. The maximum Gasteiger partial charge on any atom is 0.0721 e. The van der Waals surface area contributed by atoms with Crippen LogP contribution < -0.4 is 0 Å². The van der Waals surface area contributed by atoms with E-state index in [4.69, 9.17) is 4.74 Å². The molecule has 3 fully saturated rings. The molecule has 1 saturated carbocycles. The molecule has 0 bridgehead atoms. The van der Waals surface area contributed by atoms with Gasteiger partial charge in [-0.25, -0.2) is 0 Å². The highest BCUT2D eigenvalue weighted by atomic mass is 16.5. The molecule has 0 N–H and O–H groups in total. The molecule has 1 unspecified atom stereocenters. The Kier molecular flexibility index (Phi) is 4.68. The molecule has 1 spiro atoms. The van der Waals surface area contributed by atoms with Crippen molar-refractivity contribution in [3.05, 3.63) is 0 Å². The van der Waals surface area contributed by atoms with Crippen LogP contribution >= 0.6 is 0 Å². The summed E-state index contributed by atoms with van der Waals surface area (Å²) in [6.45, 7) is 6.99. The van der Waals surface area contributed by atoms with Crippen LogP contribution in [0, 0.1) is 0 Å². The molecule has 3 rings (SSSR count). The Bertz CT molecular complexity index is 306. The highest BCUT2D eigenvalue weighted by Crippen LogP contribution is 2.38. The number of nitrogens with zero attached hydrogens (tertiary/aromatic N) is 2. The summed E-state index contributed by atoms with van der Waals surface area (Å²) in [5.74, 6) is 0. The fraction of sp³-hybridized carbons (Fsp3) is 1.00. The molecule has 0 aromatic rings. The van der Waals surface area contributed by atoms with Gasteiger partial charge in [0.05, 0.1) is 5.60 Å². The highest BCUT2D eigenvalue weighted by molar-refractivity contribution is 4.95. The van der Waals surface area contributed by atoms with Crippen LogP contribution in [0.4, 0.5) is 0 Å². The normalized spacial score (nSPS) is 32.2. The van der Waals surface area contributed by atoms with E-state index in [1.165, 1.54) is 71.0 Å². The molecular weight excluding hydrogens is 248 g/mol. The molecular formula is C17H32N2O. The van der Waals surface area contributed by atoms with Crippen molar-refractivity contribution in [3.63, 3.8) is 0 Å². The summed E-state index contributed by atoms with van der Waals surface area (Å²) in [4.78, 5) is 5.28. The van der Waals surface area contributed by atoms with E-state index < -0.39 is 0 Å². The molecule has 3 heteroatoms. The van der Waals surface area contributed by atoms with Gasteiger partial charge >= 0.3 is 0 Å². The second kappa shape index (κ2) is 6.33. The zero-order valence-electron chi connectivity index (χ0n) is 13.4. The van der Waals surface area contributed by atoms with Crippen LogP contribution in [0.25, 0.3) is 0 Å². The maximum absolute atomic E-state index is 6.29. The third-order valence-electron chi connectivity index (χ3n) is 5.99. The van der Waals surface area contributed by atoms with E-state index in [0.29, 0.717) is 0 Å². The van der Waals surface area contributed by atoms with Crippen molar-refractivity contribution in [3.8, 4) is 0 Å². The van der Waals surface area contributed by atoms with E-state index in [1.807, 2.05) is 0 Å². The van der Waals surface area contributed by atoms with Crippen LogP contribution in [0.3, 0.4) is 0 Å². The van der Waals surface area contributed by atoms with E-state index in [-0.39, 0.29) is 5.60 Å². The van der Waals surface area contributed by atoms with Crippen molar-refractivity contribution >= 4 is 0 Å². The number of piperidine rings is 1. The largest absolute Gasteiger partial charge is 0.375 e. The van der Waals surface area contributed by atoms with Crippen molar-refractivity contribution in [1.82, 2.24) is 9.80 Å². The molecule has 0 aromatic heterocycles. The van der Waals surface area contributed by atoms with Gasteiger partial charge in [-0.1, -0.05) is 19.8 Å². The Morgan fingerprint density at radius 1 is 1.10 bits per heavy atom. The molecule has 3 aliphatic rings. The first-order valence-electron chi connectivity index (χ1n) is 8.81. The van der Waals surface area contributed by atoms with Crippen LogP contribution in [0.5, 0.6) is 0 Å². The van der Waals surface area contributed by atoms with Crippen molar-refractivity contribution < 1.29 is 4.74 Å². The first-order valence-corrected chi connectivity index (χ1v) is 8.81. The van der Waals surface area contributed by atoms with Gasteiger partial charge in [-0.15, -0.1) is 0 Å². The summed E-state index contributed by atoms with van der Waals surface area (Å²) >= 11 is 0. The van der Waals surface area contributed by atoms with Gasteiger partial charge in [0.2, 0.25) is 0 Å². The molecule has 0 radical (unpaired) electrons. The van der Waals surface area contributed by atoms with Crippen LogP contribution in [-0.4, -0.2) is 60.8 Å². The Morgan fingerprint density at radius 3 is 2.45 bits per heavy atom. The minimum absolute atomic E-state index is 0.210. The van der Waals surface area contributed by atoms with Gasteiger partial charge in [0.1, 0.15) is 0 Å². The number of ether oxygens (including phenoxy) is 1. The molecule has 2 heterocycles. The van der Waals surface area contributed by atoms with Gasteiger partial charge in [0.15, 0.2) is 0 Å². The zero-order valence-corrected chi connectivity index (χ0v) is 13.4. The van der Waals surface area contributed by atoms with Crippen LogP contribution in [0.15, 0.2) is 0 Å². The summed E-state index contributed by atoms with van der Waals surface area (Å²) in [7, 11) is 2.24. The lowest BCUT2D eigenvalue weighted by molar-refractivity contribution is -0.134. The first kappa shape index (κ1) is 14.8. The van der Waals surface area contributed by atoms with Gasteiger partial charge in [-0.3, -0.25) is 4.90 Å². The van der Waals surface area contributed by atoms with Crippen LogP contribution in [0.2, 0.25) is 0 Å². The standard InChI is InChI=1S/C17H32N2O/c1-3-19(15-6-4-5-7-15)16-8-13-20-17(14-16)9-11-18(2)12-10-17/h15-16H,3-14H2,1-2H3. The van der Waals surface area contributed by atoms with Crippen molar-refractivity contribution in [1.29, 1.82) is 0 Å². The molecule has 2 saturated heterocycles. The summed E-state index contributed by atoms with van der Waals surface area (Å²) in [6.07, 6.45) is 10.8. The Morgan fingerprint density at radius 2 is 1.80 bits per heavy atom. The van der Waals surface area contributed by atoms with Crippen LogP contribution in [-0.2, 0) is 4.74 Å². The molecule has 20 heavy (non-hydrogen) atoms. The summed E-state index contributed by atoms with van der Waals surface area (Å²) in [6, 6.07) is 1.65. The number of hydrogen-bond acceptors (Lipinski definition) is 3. The van der Waals surface area contributed by atoms with E-state index >= 15 is 0 Å². The lowest BCUT2D eigenvalue weighted by Crippen LogP contribution is -2.54. The lowest BCUT2D eigenvalue weighted by Gasteiger charge is -2.49. The Labute approximate surface area is 124 Å². The molecule has 0 aromatic carbocycles. The second-order valence-electron chi connectivity index (χ2n) is 7.25. The minimum Gasteiger partial charge on any atom is -0.375 e. The van der Waals surface area contributed by atoms with E-state index in [0.717, 1.165) is 18.7 Å². The fourth-order valence-corrected chi connectivity index (χ4v) is 4.71. The monoisotopic (exact) mass is 280 g/mol. The van der Waals surface area contributed by atoms with Gasteiger partial charge in [-0.2, -0.15) is 0 Å². The Hall–Kier alpha value is -0.120.